The fourth-order valence-corrected chi connectivity index (χ4v) is 1.81. The lowest BCUT2D eigenvalue weighted by atomic mass is 10.4. The van der Waals surface area contributed by atoms with Crippen molar-refractivity contribution in [3.05, 3.63) is 52.6 Å². The van der Waals surface area contributed by atoms with Crippen LogP contribution in [0.4, 0.5) is 0 Å². The fraction of sp³-hybridized carbons (Fsp3) is 0.385. The van der Waals surface area contributed by atoms with Crippen molar-refractivity contribution in [2.75, 3.05) is 0 Å². The molecular formula is C13H15N3O2. The maximum absolute atomic E-state index is 11.5. The minimum absolute atomic E-state index is 0.258. The molecular weight excluding hydrogens is 230 g/mol. The molecule has 1 N–H and O–H groups in total. The second kappa shape index (κ2) is 4.78. The summed E-state index contributed by atoms with van der Waals surface area (Å²) in [5.74, 6) is 1.69. The highest BCUT2D eigenvalue weighted by molar-refractivity contribution is 5.08. The fourth-order valence-electron chi connectivity index (χ4n) is 1.81. The number of nitrogens with zero attached hydrogens (tertiary/aromatic N) is 2. The zero-order valence-corrected chi connectivity index (χ0v) is 10.0. The lowest BCUT2D eigenvalue weighted by Gasteiger charge is -2.01. The summed E-state index contributed by atoms with van der Waals surface area (Å²) in [7, 11) is 0. The van der Waals surface area contributed by atoms with Gasteiger partial charge in [0.2, 0.25) is 0 Å². The molecule has 2 heterocycles. The van der Waals surface area contributed by atoms with Gasteiger partial charge in [-0.2, -0.15) is 0 Å². The molecule has 0 amide bonds. The second-order valence-electron chi connectivity index (χ2n) is 4.55. The Morgan fingerprint density at radius 2 is 2.22 bits per heavy atom. The minimum Gasteiger partial charge on any atom is -0.463 e. The third kappa shape index (κ3) is 2.68. The lowest BCUT2D eigenvalue weighted by molar-refractivity contribution is 0.434. The summed E-state index contributed by atoms with van der Waals surface area (Å²) >= 11 is 0. The Bertz CT molecular complexity index is 584. The molecule has 2 aromatic rings. The molecule has 1 fully saturated rings. The van der Waals surface area contributed by atoms with Crippen molar-refractivity contribution < 1.29 is 4.42 Å². The SMILES string of the molecule is O=c1ncccn1Cc1ccc(CNC2CC2)o1. The van der Waals surface area contributed by atoms with Crippen LogP contribution in [0.1, 0.15) is 24.4 Å². The Kier molecular flexibility index (Phi) is 2.98. The minimum atomic E-state index is -0.258. The average molecular weight is 245 g/mol. The van der Waals surface area contributed by atoms with E-state index in [1.54, 1.807) is 12.3 Å². The molecule has 0 bridgehead atoms. The topological polar surface area (TPSA) is 60.1 Å². The third-order valence-corrected chi connectivity index (χ3v) is 2.97. The maximum Gasteiger partial charge on any atom is 0.347 e. The largest absolute Gasteiger partial charge is 0.463 e. The first-order valence-corrected chi connectivity index (χ1v) is 6.14. The summed E-state index contributed by atoms with van der Waals surface area (Å²) in [5, 5.41) is 3.39. The second-order valence-corrected chi connectivity index (χ2v) is 4.55. The number of hydrogen-bond donors (Lipinski definition) is 1. The van der Waals surface area contributed by atoms with Crippen molar-refractivity contribution in [2.24, 2.45) is 0 Å². The van der Waals surface area contributed by atoms with Gasteiger partial charge >= 0.3 is 5.69 Å². The number of aromatic nitrogens is 2. The van der Waals surface area contributed by atoms with Crippen molar-refractivity contribution in [3.8, 4) is 0 Å². The van der Waals surface area contributed by atoms with E-state index < -0.39 is 0 Å². The van der Waals surface area contributed by atoms with Gasteiger partial charge in [0.1, 0.15) is 11.5 Å². The van der Waals surface area contributed by atoms with Gasteiger partial charge < -0.3 is 9.73 Å². The Labute approximate surface area is 104 Å². The summed E-state index contributed by atoms with van der Waals surface area (Å²) in [6.07, 6.45) is 5.73. The van der Waals surface area contributed by atoms with Crippen LogP contribution in [0.25, 0.3) is 0 Å². The smallest absolute Gasteiger partial charge is 0.347 e. The number of rotatable bonds is 5. The van der Waals surface area contributed by atoms with Crippen LogP contribution in [0.3, 0.4) is 0 Å². The number of nitrogens with one attached hydrogen (secondary N) is 1. The first-order chi connectivity index (χ1) is 8.81. The normalized spacial score (nSPS) is 14.9. The molecule has 0 aliphatic heterocycles. The van der Waals surface area contributed by atoms with E-state index >= 15 is 0 Å². The monoisotopic (exact) mass is 245 g/mol. The van der Waals surface area contributed by atoms with Crippen molar-refractivity contribution in [3.63, 3.8) is 0 Å². The Balaban J connectivity index is 1.65. The van der Waals surface area contributed by atoms with Gasteiger partial charge in [-0.3, -0.25) is 4.57 Å². The molecule has 0 saturated heterocycles. The van der Waals surface area contributed by atoms with E-state index in [9.17, 15) is 4.79 Å². The van der Waals surface area contributed by atoms with Crippen LogP contribution in [0.2, 0.25) is 0 Å². The van der Waals surface area contributed by atoms with Crippen molar-refractivity contribution in [1.82, 2.24) is 14.9 Å². The number of furan rings is 1. The van der Waals surface area contributed by atoms with E-state index in [2.05, 4.69) is 10.3 Å². The molecule has 1 saturated carbocycles. The van der Waals surface area contributed by atoms with Crippen LogP contribution in [0.15, 0.2) is 39.8 Å². The predicted molar refractivity (Wildman–Crippen MR) is 66.2 cm³/mol. The molecule has 0 atom stereocenters. The average Bonchev–Trinajstić information content (AvgIpc) is 3.10. The van der Waals surface area contributed by atoms with Crippen molar-refractivity contribution in [2.45, 2.75) is 32.0 Å². The standard InChI is InChI=1S/C13H15N3O2/c17-13-14-6-1-7-16(13)9-12-5-4-11(18-12)8-15-10-2-3-10/h1,4-7,10,15H,2-3,8-9H2. The van der Waals surface area contributed by atoms with E-state index in [0.717, 1.165) is 18.1 Å². The van der Waals surface area contributed by atoms with E-state index in [4.69, 9.17) is 4.42 Å². The molecule has 94 valence electrons. The zero-order valence-electron chi connectivity index (χ0n) is 10.0. The molecule has 5 nitrogen and oxygen atoms in total. The van der Waals surface area contributed by atoms with Crippen molar-refractivity contribution >= 4 is 0 Å². The van der Waals surface area contributed by atoms with E-state index in [0.29, 0.717) is 12.6 Å². The molecule has 18 heavy (non-hydrogen) atoms. The van der Waals surface area contributed by atoms with Gasteiger partial charge in [-0.05, 0) is 31.0 Å². The Hall–Kier alpha value is -1.88. The first kappa shape index (κ1) is 11.2. The molecule has 1 aliphatic rings. The summed E-state index contributed by atoms with van der Waals surface area (Å²) in [5.41, 5.74) is -0.258. The van der Waals surface area contributed by atoms with Crippen LogP contribution < -0.4 is 11.0 Å². The van der Waals surface area contributed by atoms with Gasteiger partial charge in [0, 0.05) is 18.4 Å². The number of hydrogen-bond acceptors (Lipinski definition) is 4. The van der Waals surface area contributed by atoms with Gasteiger partial charge in [-0.1, -0.05) is 0 Å². The van der Waals surface area contributed by atoms with Gasteiger partial charge in [-0.25, -0.2) is 9.78 Å². The molecule has 0 radical (unpaired) electrons. The van der Waals surface area contributed by atoms with Gasteiger partial charge in [0.15, 0.2) is 0 Å². The Morgan fingerprint density at radius 3 is 3.00 bits per heavy atom. The van der Waals surface area contributed by atoms with Gasteiger partial charge in [-0.15, -0.1) is 0 Å². The van der Waals surface area contributed by atoms with Crippen molar-refractivity contribution in [1.29, 1.82) is 0 Å². The van der Waals surface area contributed by atoms with Gasteiger partial charge in [0.05, 0.1) is 13.1 Å². The molecule has 2 aromatic heterocycles. The van der Waals surface area contributed by atoms with E-state index in [1.807, 2.05) is 12.1 Å². The molecule has 3 rings (SSSR count). The summed E-state index contributed by atoms with van der Waals surface area (Å²) in [6, 6.07) is 6.26. The van der Waals surface area contributed by atoms with E-state index in [1.165, 1.54) is 23.6 Å². The molecule has 5 heteroatoms. The molecule has 0 aromatic carbocycles. The third-order valence-electron chi connectivity index (χ3n) is 2.97. The first-order valence-electron chi connectivity index (χ1n) is 6.14. The van der Waals surface area contributed by atoms with Crippen LogP contribution in [0, 0.1) is 0 Å². The summed E-state index contributed by atoms with van der Waals surface area (Å²) in [6.45, 7) is 1.18. The molecule has 0 spiro atoms. The molecule has 0 unspecified atom stereocenters. The van der Waals surface area contributed by atoms with Gasteiger partial charge in [0.25, 0.3) is 0 Å². The quantitative estimate of drug-likeness (QED) is 0.858. The summed E-state index contributed by atoms with van der Waals surface area (Å²) < 4.78 is 7.20. The highest BCUT2D eigenvalue weighted by Crippen LogP contribution is 2.19. The Morgan fingerprint density at radius 1 is 1.39 bits per heavy atom. The highest BCUT2D eigenvalue weighted by Gasteiger charge is 2.20. The predicted octanol–water partition coefficient (Wildman–Crippen LogP) is 1.14. The molecule has 1 aliphatic carbocycles. The van der Waals surface area contributed by atoms with Crippen LogP contribution in [-0.4, -0.2) is 15.6 Å². The lowest BCUT2D eigenvalue weighted by Crippen LogP contribution is -2.21. The van der Waals surface area contributed by atoms with E-state index in [-0.39, 0.29) is 5.69 Å². The van der Waals surface area contributed by atoms with Crippen LogP contribution in [-0.2, 0) is 13.1 Å². The van der Waals surface area contributed by atoms with Crippen LogP contribution >= 0.6 is 0 Å². The highest BCUT2D eigenvalue weighted by atomic mass is 16.3. The maximum atomic E-state index is 11.5. The van der Waals surface area contributed by atoms with Crippen LogP contribution in [0.5, 0.6) is 0 Å². The zero-order chi connectivity index (χ0) is 12.4. The summed E-state index contributed by atoms with van der Waals surface area (Å²) in [4.78, 5) is 15.2.